The van der Waals surface area contributed by atoms with Crippen LogP contribution in [0.25, 0.3) is 32.7 Å². The van der Waals surface area contributed by atoms with Gasteiger partial charge in [0.25, 0.3) is 0 Å². The zero-order valence-corrected chi connectivity index (χ0v) is 29.5. The monoisotopic (exact) mass is 728 g/mol. The second-order valence-electron chi connectivity index (χ2n) is 9.13. The Morgan fingerprint density at radius 2 is 1.20 bits per heavy atom. The predicted octanol–water partition coefficient (Wildman–Crippen LogP) is 11.8. The van der Waals surface area contributed by atoms with Crippen LogP contribution < -0.4 is 0 Å². The van der Waals surface area contributed by atoms with Gasteiger partial charge in [0.05, 0.1) is 0 Å². The van der Waals surface area contributed by atoms with Crippen LogP contribution in [0, 0.1) is 24.3 Å². The number of rotatable bonds is 0. The summed E-state index contributed by atoms with van der Waals surface area (Å²) in [6, 6.07) is 47.3. The Balaban J connectivity index is 0.000000243. The van der Waals surface area contributed by atoms with Crippen LogP contribution in [0.2, 0.25) is 10.0 Å². The van der Waals surface area contributed by atoms with Crippen molar-refractivity contribution in [3.8, 4) is 11.1 Å². The van der Waals surface area contributed by atoms with Crippen molar-refractivity contribution in [3.05, 3.63) is 179 Å². The van der Waals surface area contributed by atoms with E-state index >= 15 is 0 Å². The molecule has 44 heavy (non-hydrogen) atoms. The van der Waals surface area contributed by atoms with Crippen molar-refractivity contribution in [2.24, 2.45) is 0 Å². The predicted molar refractivity (Wildman–Crippen MR) is 192 cm³/mol. The third kappa shape index (κ3) is 10.1. The SMILES string of the molecule is Cl.Cl.Clc1cc[c-]cc1.Clc1cc[c-]cc1.[C-]1=CC=CC1.[CH2]=[Zr].[c-]1cccc2c1c1c(c3ccccc32)-c2ccccc2C1. The fourth-order valence-corrected chi connectivity index (χ4v) is 5.05. The van der Waals surface area contributed by atoms with E-state index in [1.807, 2.05) is 18.2 Å². The third-order valence-corrected chi connectivity index (χ3v) is 7.05. The van der Waals surface area contributed by atoms with E-state index in [4.69, 9.17) is 23.2 Å². The number of benzene rings is 6. The van der Waals surface area contributed by atoms with Crippen molar-refractivity contribution in [2.75, 3.05) is 0 Å². The van der Waals surface area contributed by atoms with Crippen molar-refractivity contribution in [1.29, 1.82) is 0 Å². The molecular formula is C39H30Cl4Zr-4. The Labute approximate surface area is 298 Å². The molecule has 0 saturated carbocycles. The number of allylic oxidation sites excluding steroid dienone is 4. The van der Waals surface area contributed by atoms with Gasteiger partial charge in [0.2, 0.25) is 0 Å². The maximum absolute atomic E-state index is 5.52. The average molecular weight is 732 g/mol. The minimum Gasteiger partial charge on any atom is -0.147 e. The zero-order valence-electron chi connectivity index (χ0n) is 23.9. The molecule has 0 heterocycles. The molecule has 2 aliphatic carbocycles. The van der Waals surface area contributed by atoms with E-state index in [1.165, 1.54) is 68.0 Å². The summed E-state index contributed by atoms with van der Waals surface area (Å²) in [7, 11) is 0. The summed E-state index contributed by atoms with van der Waals surface area (Å²) < 4.78 is 3.34. The first-order valence-corrected chi connectivity index (χ1v) is 15.9. The molecular weight excluding hydrogens is 701 g/mol. The van der Waals surface area contributed by atoms with E-state index in [0.717, 1.165) is 22.9 Å². The van der Waals surface area contributed by atoms with E-state index in [2.05, 4.69) is 95.2 Å². The zero-order chi connectivity index (χ0) is 29.6. The second-order valence-corrected chi connectivity index (χ2v) is 10.0. The third-order valence-electron chi connectivity index (χ3n) is 6.54. The Morgan fingerprint density at radius 1 is 0.636 bits per heavy atom. The molecule has 0 saturated heterocycles. The summed E-state index contributed by atoms with van der Waals surface area (Å²) in [5, 5.41) is 6.82. The Kier molecular flexibility index (Phi) is 17.3. The molecule has 0 radical (unpaired) electrons. The maximum atomic E-state index is 5.52. The molecule has 222 valence electrons. The number of halogens is 4. The maximum Gasteiger partial charge on any atom is -0.0240 e. The minimum absolute atomic E-state index is 0. The second kappa shape index (κ2) is 20.3. The van der Waals surface area contributed by atoms with Gasteiger partial charge < -0.3 is 0 Å². The van der Waals surface area contributed by atoms with E-state index in [-0.39, 0.29) is 24.8 Å². The Morgan fingerprint density at radius 3 is 1.73 bits per heavy atom. The summed E-state index contributed by atoms with van der Waals surface area (Å²) in [5.74, 6) is 0. The van der Waals surface area contributed by atoms with Crippen molar-refractivity contribution in [2.45, 2.75) is 12.8 Å². The first-order chi connectivity index (χ1) is 20.7. The Bertz CT molecular complexity index is 1730. The van der Waals surface area contributed by atoms with Crippen molar-refractivity contribution in [3.63, 3.8) is 0 Å². The van der Waals surface area contributed by atoms with Crippen LogP contribution in [-0.2, 0) is 30.7 Å². The van der Waals surface area contributed by atoms with Gasteiger partial charge in [-0.2, -0.15) is 66.7 Å². The van der Waals surface area contributed by atoms with Gasteiger partial charge in [0, 0.05) is 0 Å². The topological polar surface area (TPSA) is 0 Å². The molecule has 0 nitrogen and oxygen atoms in total. The van der Waals surface area contributed by atoms with Crippen LogP contribution in [0.1, 0.15) is 17.5 Å². The van der Waals surface area contributed by atoms with Crippen LogP contribution in [0.5, 0.6) is 0 Å². The molecule has 0 N–H and O–H groups in total. The van der Waals surface area contributed by atoms with Crippen LogP contribution >= 0.6 is 48.0 Å². The largest absolute Gasteiger partial charge is 0.147 e. The van der Waals surface area contributed by atoms with Crippen LogP contribution in [-0.4, -0.2) is 4.21 Å². The van der Waals surface area contributed by atoms with Gasteiger partial charge in [-0.25, -0.2) is 12.2 Å². The van der Waals surface area contributed by atoms with Crippen LogP contribution in [0.15, 0.2) is 133 Å². The molecule has 0 aliphatic heterocycles. The van der Waals surface area contributed by atoms with Gasteiger partial charge in [-0.15, -0.1) is 95.0 Å². The molecule has 0 unspecified atom stereocenters. The molecule has 0 atom stereocenters. The molecule has 8 rings (SSSR count). The van der Waals surface area contributed by atoms with Gasteiger partial charge in [0.15, 0.2) is 0 Å². The van der Waals surface area contributed by atoms with Gasteiger partial charge in [0.1, 0.15) is 0 Å². The smallest absolute Gasteiger partial charge is 0.0240 e. The van der Waals surface area contributed by atoms with Crippen molar-refractivity contribution >= 4 is 73.8 Å². The molecule has 2 aliphatic rings. The van der Waals surface area contributed by atoms with E-state index in [9.17, 15) is 0 Å². The molecule has 0 bridgehead atoms. The van der Waals surface area contributed by atoms with Crippen molar-refractivity contribution < 1.29 is 24.2 Å². The van der Waals surface area contributed by atoms with E-state index in [1.54, 1.807) is 48.5 Å². The van der Waals surface area contributed by atoms with E-state index in [0.29, 0.717) is 0 Å². The van der Waals surface area contributed by atoms with Gasteiger partial charge in [-0.3, -0.25) is 6.08 Å². The molecule has 0 fully saturated rings. The average Bonchev–Trinajstić information content (AvgIpc) is 3.76. The number of fused-ring (bicyclic) bond motifs is 8. The summed E-state index contributed by atoms with van der Waals surface area (Å²) in [6.07, 6.45) is 11.0. The molecule has 6 aromatic carbocycles. The van der Waals surface area contributed by atoms with Gasteiger partial charge in [-0.05, 0) is 28.5 Å². The quantitative estimate of drug-likeness (QED) is 0.108. The molecule has 0 amide bonds. The molecule has 5 heteroatoms. The fraction of sp³-hybridized carbons (Fsp3) is 0.0513. The normalized spacial score (nSPS) is 10.8. The summed E-state index contributed by atoms with van der Waals surface area (Å²) in [6.45, 7) is 0. The summed E-state index contributed by atoms with van der Waals surface area (Å²) >= 11 is 12.3. The summed E-state index contributed by atoms with van der Waals surface area (Å²) in [5.41, 5.74) is 5.67. The molecule has 0 aromatic heterocycles. The number of hydrogen-bond acceptors (Lipinski definition) is 0. The van der Waals surface area contributed by atoms with E-state index < -0.39 is 0 Å². The van der Waals surface area contributed by atoms with Crippen molar-refractivity contribution in [1.82, 2.24) is 0 Å². The van der Waals surface area contributed by atoms with Gasteiger partial charge in [-0.1, -0.05) is 64.0 Å². The van der Waals surface area contributed by atoms with Crippen LogP contribution in [0.4, 0.5) is 0 Å². The first kappa shape index (κ1) is 37.4. The standard InChI is InChI=1S/C21H13.2C6H4Cl.C5H5.CH2.2ClH.Zr/c1-2-8-15-14(7-1)13-20-18-11-4-3-9-16(18)17-10-5-6-12-19(17)21(15)20;2*7-6-4-2-1-3-5-6;1-2-4-5-3-1;;;;/h1-10,12H,13H2;2*2-5H;1-3H,4H2;1H2;2*1H;/q4*-1;;;;. The Hall–Kier alpha value is -2.77. The number of hydrogen-bond donors (Lipinski definition) is 0. The fourth-order valence-electron chi connectivity index (χ4n) is 4.80. The first-order valence-electron chi connectivity index (χ1n) is 13.4. The van der Waals surface area contributed by atoms with Crippen LogP contribution in [0.3, 0.4) is 0 Å². The molecule has 6 aromatic rings. The summed E-state index contributed by atoms with van der Waals surface area (Å²) in [4.78, 5) is 0. The molecule has 0 spiro atoms. The minimum atomic E-state index is 0. The van der Waals surface area contributed by atoms with Gasteiger partial charge >= 0.3 is 28.4 Å².